The molecule has 92 valence electrons. The summed E-state index contributed by atoms with van der Waals surface area (Å²) in [4.78, 5) is 0. The van der Waals surface area contributed by atoms with Crippen LogP contribution in [0.2, 0.25) is 5.02 Å². The normalized spacial score (nSPS) is 10.6. The molecule has 0 unspecified atom stereocenters. The summed E-state index contributed by atoms with van der Waals surface area (Å²) in [5, 5.41) is 4.85. The SMILES string of the molecule is COc1ccc(C=NNc2ccc(Cl)cc2)cc1. The highest BCUT2D eigenvalue weighted by Gasteiger charge is 1.91. The largest absolute Gasteiger partial charge is 0.497 e. The van der Waals surface area contributed by atoms with Crippen LogP contribution in [0.3, 0.4) is 0 Å². The number of nitrogens with one attached hydrogen (secondary N) is 1. The van der Waals surface area contributed by atoms with E-state index in [1.54, 1.807) is 13.3 Å². The molecule has 2 rings (SSSR count). The molecule has 0 aliphatic carbocycles. The average molecular weight is 261 g/mol. The Balaban J connectivity index is 1.96. The van der Waals surface area contributed by atoms with Crippen molar-refractivity contribution in [3.05, 3.63) is 59.1 Å². The first-order chi connectivity index (χ1) is 8.78. The zero-order chi connectivity index (χ0) is 12.8. The van der Waals surface area contributed by atoms with Crippen molar-refractivity contribution in [2.75, 3.05) is 12.5 Å². The van der Waals surface area contributed by atoms with Crippen LogP contribution in [0.25, 0.3) is 0 Å². The number of rotatable bonds is 4. The van der Waals surface area contributed by atoms with Crippen molar-refractivity contribution in [2.24, 2.45) is 5.10 Å². The second-order valence-electron chi connectivity index (χ2n) is 3.65. The minimum Gasteiger partial charge on any atom is -0.497 e. The standard InChI is InChI=1S/C14H13ClN2O/c1-18-14-8-2-11(3-9-14)10-16-17-13-6-4-12(15)5-7-13/h2-10,17H,1H3. The molecule has 0 aromatic heterocycles. The number of methoxy groups -OCH3 is 1. The van der Waals surface area contributed by atoms with Crippen molar-refractivity contribution >= 4 is 23.5 Å². The maximum Gasteiger partial charge on any atom is 0.118 e. The number of hydrazone groups is 1. The van der Waals surface area contributed by atoms with Gasteiger partial charge in [-0.2, -0.15) is 5.10 Å². The lowest BCUT2D eigenvalue weighted by molar-refractivity contribution is 0.415. The maximum atomic E-state index is 5.79. The van der Waals surface area contributed by atoms with E-state index in [4.69, 9.17) is 16.3 Å². The van der Waals surface area contributed by atoms with Crippen molar-refractivity contribution in [1.82, 2.24) is 0 Å². The molecule has 0 spiro atoms. The Kier molecular flexibility index (Phi) is 4.20. The molecular weight excluding hydrogens is 248 g/mol. The van der Waals surface area contributed by atoms with Gasteiger partial charge in [0.1, 0.15) is 5.75 Å². The van der Waals surface area contributed by atoms with E-state index in [1.807, 2.05) is 48.5 Å². The molecule has 0 amide bonds. The lowest BCUT2D eigenvalue weighted by Gasteiger charge is -2.00. The van der Waals surface area contributed by atoms with Crippen LogP contribution in [-0.2, 0) is 0 Å². The molecule has 0 fully saturated rings. The van der Waals surface area contributed by atoms with E-state index in [2.05, 4.69) is 10.5 Å². The van der Waals surface area contributed by atoms with Gasteiger partial charge in [-0.25, -0.2) is 0 Å². The van der Waals surface area contributed by atoms with Gasteiger partial charge in [0, 0.05) is 5.02 Å². The maximum absolute atomic E-state index is 5.79. The topological polar surface area (TPSA) is 33.6 Å². The second-order valence-corrected chi connectivity index (χ2v) is 4.09. The molecule has 0 saturated carbocycles. The van der Waals surface area contributed by atoms with Gasteiger partial charge < -0.3 is 4.74 Å². The number of halogens is 1. The minimum absolute atomic E-state index is 0.708. The van der Waals surface area contributed by atoms with Crippen LogP contribution in [-0.4, -0.2) is 13.3 Å². The highest BCUT2D eigenvalue weighted by atomic mass is 35.5. The van der Waals surface area contributed by atoms with Crippen molar-refractivity contribution in [3.8, 4) is 5.75 Å². The lowest BCUT2D eigenvalue weighted by atomic mass is 10.2. The quantitative estimate of drug-likeness (QED) is 0.670. The van der Waals surface area contributed by atoms with Gasteiger partial charge >= 0.3 is 0 Å². The number of benzene rings is 2. The van der Waals surface area contributed by atoms with E-state index in [0.29, 0.717) is 5.02 Å². The Bertz CT molecular complexity index is 520. The Morgan fingerprint density at radius 1 is 1.06 bits per heavy atom. The Hall–Kier alpha value is -2.00. The van der Waals surface area contributed by atoms with Gasteiger partial charge in [-0.05, 0) is 54.1 Å². The molecule has 1 N–H and O–H groups in total. The summed E-state index contributed by atoms with van der Waals surface area (Å²) in [6, 6.07) is 15.0. The fourth-order valence-electron chi connectivity index (χ4n) is 1.40. The Morgan fingerprint density at radius 2 is 1.72 bits per heavy atom. The van der Waals surface area contributed by atoms with Gasteiger partial charge in [0.05, 0.1) is 19.0 Å². The first kappa shape index (κ1) is 12.5. The minimum atomic E-state index is 0.708. The average Bonchev–Trinajstić information content (AvgIpc) is 2.42. The highest BCUT2D eigenvalue weighted by molar-refractivity contribution is 6.30. The van der Waals surface area contributed by atoms with Gasteiger partial charge in [0.25, 0.3) is 0 Å². The van der Waals surface area contributed by atoms with Crippen LogP contribution >= 0.6 is 11.6 Å². The summed E-state index contributed by atoms with van der Waals surface area (Å²) in [6.07, 6.45) is 1.74. The number of hydrogen-bond donors (Lipinski definition) is 1. The van der Waals surface area contributed by atoms with Gasteiger partial charge in [0.15, 0.2) is 0 Å². The fraction of sp³-hybridized carbons (Fsp3) is 0.0714. The molecule has 18 heavy (non-hydrogen) atoms. The number of ether oxygens (including phenoxy) is 1. The zero-order valence-corrected chi connectivity index (χ0v) is 10.7. The van der Waals surface area contributed by atoms with Crippen LogP contribution in [0, 0.1) is 0 Å². The summed E-state index contributed by atoms with van der Waals surface area (Å²) < 4.78 is 5.08. The molecule has 0 atom stereocenters. The summed E-state index contributed by atoms with van der Waals surface area (Å²) >= 11 is 5.79. The molecule has 4 heteroatoms. The van der Waals surface area contributed by atoms with E-state index in [9.17, 15) is 0 Å². The molecule has 0 saturated heterocycles. The Labute approximate surface area is 111 Å². The van der Waals surface area contributed by atoms with Crippen molar-refractivity contribution in [2.45, 2.75) is 0 Å². The monoisotopic (exact) mass is 260 g/mol. The number of nitrogens with zero attached hydrogens (tertiary/aromatic N) is 1. The van der Waals surface area contributed by atoms with Crippen molar-refractivity contribution in [1.29, 1.82) is 0 Å². The van der Waals surface area contributed by atoms with Gasteiger partial charge in [-0.1, -0.05) is 11.6 Å². The van der Waals surface area contributed by atoms with Gasteiger partial charge in [-0.3, -0.25) is 5.43 Å². The van der Waals surface area contributed by atoms with Crippen LogP contribution in [0.5, 0.6) is 5.75 Å². The van der Waals surface area contributed by atoms with E-state index in [0.717, 1.165) is 17.0 Å². The van der Waals surface area contributed by atoms with Gasteiger partial charge in [-0.15, -0.1) is 0 Å². The number of hydrogen-bond acceptors (Lipinski definition) is 3. The second kappa shape index (κ2) is 6.07. The predicted molar refractivity (Wildman–Crippen MR) is 75.7 cm³/mol. The van der Waals surface area contributed by atoms with Crippen molar-refractivity contribution < 1.29 is 4.74 Å². The molecule has 0 aliphatic heterocycles. The predicted octanol–water partition coefficient (Wildman–Crippen LogP) is 3.79. The fourth-order valence-corrected chi connectivity index (χ4v) is 1.52. The van der Waals surface area contributed by atoms with Crippen LogP contribution in [0.1, 0.15) is 5.56 Å². The van der Waals surface area contributed by atoms with Crippen molar-refractivity contribution in [3.63, 3.8) is 0 Å². The van der Waals surface area contributed by atoms with E-state index in [-0.39, 0.29) is 0 Å². The van der Waals surface area contributed by atoms with Crippen LogP contribution < -0.4 is 10.2 Å². The molecule has 0 aliphatic rings. The smallest absolute Gasteiger partial charge is 0.118 e. The molecule has 3 nitrogen and oxygen atoms in total. The third-order valence-corrected chi connectivity index (χ3v) is 2.62. The lowest BCUT2D eigenvalue weighted by Crippen LogP contribution is -1.90. The van der Waals surface area contributed by atoms with E-state index >= 15 is 0 Å². The molecule has 2 aromatic rings. The summed E-state index contributed by atoms with van der Waals surface area (Å²) in [6.45, 7) is 0. The van der Waals surface area contributed by atoms with Crippen LogP contribution in [0.15, 0.2) is 53.6 Å². The first-order valence-electron chi connectivity index (χ1n) is 5.46. The molecule has 0 bridgehead atoms. The van der Waals surface area contributed by atoms with E-state index in [1.165, 1.54) is 0 Å². The van der Waals surface area contributed by atoms with Gasteiger partial charge in [0.2, 0.25) is 0 Å². The summed E-state index contributed by atoms with van der Waals surface area (Å²) in [7, 11) is 1.64. The summed E-state index contributed by atoms with van der Waals surface area (Å²) in [5.41, 5.74) is 4.82. The molecule has 2 aromatic carbocycles. The zero-order valence-electron chi connectivity index (χ0n) is 9.93. The van der Waals surface area contributed by atoms with E-state index < -0.39 is 0 Å². The molecular formula is C14H13ClN2O. The van der Waals surface area contributed by atoms with Crippen LogP contribution in [0.4, 0.5) is 5.69 Å². The molecule has 0 radical (unpaired) electrons. The Morgan fingerprint density at radius 3 is 2.33 bits per heavy atom. The third-order valence-electron chi connectivity index (χ3n) is 2.37. The number of anilines is 1. The third kappa shape index (κ3) is 3.50. The molecule has 0 heterocycles. The summed E-state index contributed by atoms with van der Waals surface area (Å²) in [5.74, 6) is 0.831. The first-order valence-corrected chi connectivity index (χ1v) is 5.84. The highest BCUT2D eigenvalue weighted by Crippen LogP contribution is 2.13.